The molecule has 2 heterocycles. The summed E-state index contributed by atoms with van der Waals surface area (Å²) in [5.74, 6) is 0. The van der Waals surface area contributed by atoms with Crippen molar-refractivity contribution in [2.24, 2.45) is 5.10 Å². The Bertz CT molecular complexity index is 654. The minimum Gasteiger partial charge on any atom is -0.345 e. The maximum absolute atomic E-state index is 5.48. The molecule has 1 saturated heterocycles. The van der Waals surface area contributed by atoms with Crippen LogP contribution in [0.5, 0.6) is 0 Å². The van der Waals surface area contributed by atoms with Gasteiger partial charge in [0.05, 0.1) is 0 Å². The van der Waals surface area contributed by atoms with Gasteiger partial charge in [-0.2, -0.15) is 10.2 Å². The summed E-state index contributed by atoms with van der Waals surface area (Å²) < 4.78 is 0. The quantitative estimate of drug-likeness (QED) is 0.517. The number of likely N-dealkylation sites (N-methyl/N-ethyl adjacent to an activating group) is 1. The van der Waals surface area contributed by atoms with Crippen LogP contribution in [0.1, 0.15) is 11.3 Å². The normalized spacial score (nSPS) is 16.0. The lowest BCUT2D eigenvalue weighted by atomic mass is 10.1. The molecular weight excluding hydrogens is 320 g/mol. The molecule has 3 rings (SSSR count). The van der Waals surface area contributed by atoms with Gasteiger partial charge in [0.25, 0.3) is 0 Å². The molecule has 1 N–H and O–H groups in total. The molecule has 0 unspecified atom stereocenters. The second kappa shape index (κ2) is 7.94. The molecule has 1 aliphatic rings. The van der Waals surface area contributed by atoms with Gasteiger partial charge in [0.15, 0.2) is 5.11 Å². The first-order valence-corrected chi connectivity index (χ1v) is 8.29. The van der Waals surface area contributed by atoms with E-state index in [9.17, 15) is 0 Å². The lowest BCUT2D eigenvalue weighted by Crippen LogP contribution is -2.49. The summed E-state index contributed by atoms with van der Waals surface area (Å²) in [5, 5.41) is 13.3. The lowest BCUT2D eigenvalue weighted by Gasteiger charge is -2.33. The summed E-state index contributed by atoms with van der Waals surface area (Å²) in [4.78, 5) is 4.43. The van der Waals surface area contributed by atoms with Crippen molar-refractivity contribution >= 4 is 23.0 Å². The van der Waals surface area contributed by atoms with Crippen molar-refractivity contribution in [3.63, 3.8) is 0 Å². The molecule has 124 valence electrons. The minimum atomic E-state index is 0.639. The molecule has 6 nitrogen and oxygen atoms in total. The third kappa shape index (κ3) is 4.12. The number of piperazine rings is 1. The monoisotopic (exact) mass is 340 g/mol. The van der Waals surface area contributed by atoms with Crippen molar-refractivity contribution in [3.05, 3.63) is 59.9 Å². The summed E-state index contributed by atoms with van der Waals surface area (Å²) in [7, 11) is 2.12. The van der Waals surface area contributed by atoms with E-state index in [4.69, 9.17) is 12.2 Å². The molecule has 0 radical (unpaired) electrons. The van der Waals surface area contributed by atoms with Gasteiger partial charge >= 0.3 is 0 Å². The van der Waals surface area contributed by atoms with Crippen LogP contribution in [-0.2, 0) is 0 Å². The average molecular weight is 340 g/mol. The summed E-state index contributed by atoms with van der Waals surface area (Å²) in [5.41, 5.74) is 5.42. The molecule has 0 spiro atoms. The van der Waals surface area contributed by atoms with Gasteiger partial charge < -0.3 is 9.80 Å². The Morgan fingerprint density at radius 2 is 1.83 bits per heavy atom. The van der Waals surface area contributed by atoms with E-state index in [1.54, 1.807) is 6.20 Å². The molecule has 1 aromatic carbocycles. The number of nitrogens with zero attached hydrogens (tertiary/aromatic N) is 5. The summed E-state index contributed by atoms with van der Waals surface area (Å²) in [6, 6.07) is 13.6. The van der Waals surface area contributed by atoms with Crippen LogP contribution in [0.3, 0.4) is 0 Å². The number of hydrazone groups is 1. The second-order valence-corrected chi connectivity index (χ2v) is 6.03. The Morgan fingerprint density at radius 1 is 1.08 bits per heavy atom. The molecule has 1 aliphatic heterocycles. The highest BCUT2D eigenvalue weighted by Gasteiger charge is 2.16. The highest BCUT2D eigenvalue weighted by atomic mass is 32.1. The Balaban J connectivity index is 1.78. The van der Waals surface area contributed by atoms with Crippen LogP contribution in [0.2, 0.25) is 0 Å². The molecule has 0 bridgehead atoms. The van der Waals surface area contributed by atoms with Crippen LogP contribution >= 0.6 is 12.2 Å². The van der Waals surface area contributed by atoms with E-state index >= 15 is 0 Å². The molecule has 1 fully saturated rings. The zero-order valence-corrected chi connectivity index (χ0v) is 14.4. The first kappa shape index (κ1) is 16.5. The lowest BCUT2D eigenvalue weighted by molar-refractivity contribution is 0.214. The topological polar surface area (TPSA) is 56.6 Å². The summed E-state index contributed by atoms with van der Waals surface area (Å²) >= 11 is 5.48. The standard InChI is InChI=1S/C17H20N6S/c1-22-10-12-23(13-11-22)17(24)21-20-16(14-6-3-2-4-7-14)15-8-5-9-18-19-15/h2-9H,10-13H2,1H3,(H,21,24)/b20-16-. The van der Waals surface area contributed by atoms with Crippen molar-refractivity contribution in [1.29, 1.82) is 0 Å². The van der Waals surface area contributed by atoms with Crippen molar-refractivity contribution in [2.75, 3.05) is 33.2 Å². The third-order valence-corrected chi connectivity index (χ3v) is 4.27. The van der Waals surface area contributed by atoms with Crippen LogP contribution in [0.15, 0.2) is 53.8 Å². The van der Waals surface area contributed by atoms with Crippen molar-refractivity contribution in [3.8, 4) is 0 Å². The highest BCUT2D eigenvalue weighted by molar-refractivity contribution is 7.80. The first-order valence-electron chi connectivity index (χ1n) is 7.88. The van der Waals surface area contributed by atoms with Crippen LogP contribution < -0.4 is 5.43 Å². The number of nitrogens with one attached hydrogen (secondary N) is 1. The number of rotatable bonds is 3. The molecule has 1 aromatic heterocycles. The number of hydrogen-bond donors (Lipinski definition) is 1. The fourth-order valence-electron chi connectivity index (χ4n) is 2.48. The van der Waals surface area contributed by atoms with E-state index in [1.807, 2.05) is 42.5 Å². The largest absolute Gasteiger partial charge is 0.345 e. The summed E-state index contributed by atoms with van der Waals surface area (Å²) in [6.45, 7) is 3.82. The fraction of sp³-hybridized carbons (Fsp3) is 0.294. The van der Waals surface area contributed by atoms with E-state index in [0.29, 0.717) is 10.8 Å². The van der Waals surface area contributed by atoms with Gasteiger partial charge in [0, 0.05) is 37.9 Å². The van der Waals surface area contributed by atoms with Crippen molar-refractivity contribution in [1.82, 2.24) is 25.4 Å². The van der Waals surface area contributed by atoms with Gasteiger partial charge in [-0.3, -0.25) is 5.43 Å². The molecule has 24 heavy (non-hydrogen) atoms. The highest BCUT2D eigenvalue weighted by Crippen LogP contribution is 2.08. The Kier molecular flexibility index (Phi) is 5.45. The maximum Gasteiger partial charge on any atom is 0.189 e. The van der Waals surface area contributed by atoms with Crippen LogP contribution in [0, 0.1) is 0 Å². The fourth-order valence-corrected chi connectivity index (χ4v) is 2.71. The summed E-state index contributed by atoms with van der Waals surface area (Å²) in [6.07, 6.45) is 1.65. The predicted molar refractivity (Wildman–Crippen MR) is 98.9 cm³/mol. The van der Waals surface area contributed by atoms with E-state index < -0.39 is 0 Å². The molecule has 0 amide bonds. The smallest absolute Gasteiger partial charge is 0.189 e. The number of thiocarbonyl (C=S) groups is 1. The number of hydrogen-bond acceptors (Lipinski definition) is 5. The molecule has 2 aromatic rings. The van der Waals surface area contributed by atoms with Crippen molar-refractivity contribution < 1.29 is 0 Å². The predicted octanol–water partition coefficient (Wildman–Crippen LogP) is 1.35. The third-order valence-electron chi connectivity index (χ3n) is 3.92. The maximum atomic E-state index is 5.48. The van der Waals surface area contributed by atoms with Crippen LogP contribution in [0.4, 0.5) is 0 Å². The van der Waals surface area contributed by atoms with Crippen LogP contribution in [-0.4, -0.2) is 64.0 Å². The zero-order valence-electron chi connectivity index (χ0n) is 13.6. The Hall–Kier alpha value is -2.38. The SMILES string of the molecule is CN1CCN(C(=S)N/N=C(/c2ccccc2)c2cccnn2)CC1. The second-order valence-electron chi connectivity index (χ2n) is 5.64. The van der Waals surface area contributed by atoms with E-state index in [-0.39, 0.29) is 0 Å². The van der Waals surface area contributed by atoms with E-state index in [0.717, 1.165) is 37.5 Å². The van der Waals surface area contributed by atoms with E-state index in [1.165, 1.54) is 0 Å². The van der Waals surface area contributed by atoms with Crippen LogP contribution in [0.25, 0.3) is 0 Å². The molecule has 0 aliphatic carbocycles. The van der Waals surface area contributed by atoms with Gasteiger partial charge in [-0.1, -0.05) is 30.3 Å². The van der Waals surface area contributed by atoms with Gasteiger partial charge in [-0.05, 0) is 31.4 Å². The van der Waals surface area contributed by atoms with Gasteiger partial charge in [0.1, 0.15) is 11.4 Å². The molecule has 0 atom stereocenters. The molecule has 7 heteroatoms. The van der Waals surface area contributed by atoms with E-state index in [2.05, 4.69) is 37.6 Å². The average Bonchev–Trinajstić information content (AvgIpc) is 2.64. The van der Waals surface area contributed by atoms with Gasteiger partial charge in [-0.25, -0.2) is 0 Å². The van der Waals surface area contributed by atoms with Gasteiger partial charge in [-0.15, -0.1) is 5.10 Å². The number of aromatic nitrogens is 2. The minimum absolute atomic E-state index is 0.639. The molecular formula is C17H20N6S. The first-order chi connectivity index (χ1) is 11.7. The Labute approximate surface area is 147 Å². The number of benzene rings is 1. The Morgan fingerprint density at radius 3 is 2.50 bits per heavy atom. The van der Waals surface area contributed by atoms with Gasteiger partial charge in [0.2, 0.25) is 0 Å². The molecule has 0 saturated carbocycles. The van der Waals surface area contributed by atoms with Crippen molar-refractivity contribution in [2.45, 2.75) is 0 Å². The zero-order chi connectivity index (χ0) is 16.8.